The third kappa shape index (κ3) is 3.52. The van der Waals surface area contributed by atoms with Gasteiger partial charge in [-0.3, -0.25) is 4.79 Å². The molecule has 20 heavy (non-hydrogen) atoms. The van der Waals surface area contributed by atoms with Crippen molar-refractivity contribution in [3.63, 3.8) is 0 Å². The van der Waals surface area contributed by atoms with Gasteiger partial charge in [0.2, 0.25) is 5.91 Å². The summed E-state index contributed by atoms with van der Waals surface area (Å²) in [5.41, 5.74) is 6.32. The van der Waals surface area contributed by atoms with E-state index < -0.39 is 5.82 Å². The molecule has 108 valence electrons. The maximum Gasteiger partial charge on any atom is 0.225 e. The Labute approximate surface area is 122 Å². The van der Waals surface area contributed by atoms with Gasteiger partial charge in [0.1, 0.15) is 10.8 Å². The summed E-state index contributed by atoms with van der Waals surface area (Å²) in [6, 6.07) is 4.51. The molecule has 1 aliphatic heterocycles. The summed E-state index contributed by atoms with van der Waals surface area (Å²) < 4.78 is 19.2. The fourth-order valence-corrected chi connectivity index (χ4v) is 2.30. The van der Waals surface area contributed by atoms with Gasteiger partial charge in [-0.25, -0.2) is 4.39 Å². The first-order chi connectivity index (χ1) is 9.47. The highest BCUT2D eigenvalue weighted by Gasteiger charge is 2.28. The normalized spacial score (nSPS) is 21.7. The van der Waals surface area contributed by atoms with Crippen LogP contribution in [0.5, 0.6) is 0 Å². The lowest BCUT2D eigenvalue weighted by Crippen LogP contribution is -2.30. The van der Waals surface area contributed by atoms with E-state index in [1.807, 2.05) is 6.92 Å². The number of amides is 1. The van der Waals surface area contributed by atoms with Crippen molar-refractivity contribution in [3.05, 3.63) is 35.1 Å². The first-order valence-electron chi connectivity index (χ1n) is 6.45. The van der Waals surface area contributed by atoms with Gasteiger partial charge in [0.25, 0.3) is 0 Å². The van der Waals surface area contributed by atoms with Gasteiger partial charge in [0.15, 0.2) is 0 Å². The van der Waals surface area contributed by atoms with Crippen LogP contribution in [0.2, 0.25) is 0 Å². The van der Waals surface area contributed by atoms with Crippen molar-refractivity contribution in [1.82, 2.24) is 5.32 Å². The third-order valence-corrected chi connectivity index (χ3v) is 3.60. The summed E-state index contributed by atoms with van der Waals surface area (Å²) >= 11 is 4.78. The molecule has 1 aliphatic rings. The fourth-order valence-electron chi connectivity index (χ4n) is 2.17. The number of thiocarbonyl (C=S) groups is 1. The molecule has 0 aromatic heterocycles. The van der Waals surface area contributed by atoms with Gasteiger partial charge in [0, 0.05) is 17.7 Å². The first-order valence-corrected chi connectivity index (χ1v) is 6.85. The minimum atomic E-state index is -0.424. The van der Waals surface area contributed by atoms with Gasteiger partial charge in [-0.2, -0.15) is 0 Å². The Hall–Kier alpha value is -1.53. The van der Waals surface area contributed by atoms with Crippen LogP contribution in [-0.4, -0.2) is 23.6 Å². The van der Waals surface area contributed by atoms with Crippen LogP contribution >= 0.6 is 12.2 Å². The van der Waals surface area contributed by atoms with E-state index in [4.69, 9.17) is 22.7 Å². The minimum absolute atomic E-state index is 0.104. The summed E-state index contributed by atoms with van der Waals surface area (Å²) in [5, 5.41) is 2.73. The summed E-state index contributed by atoms with van der Waals surface area (Å²) in [5.74, 6) is -0.678. The maximum atomic E-state index is 13.8. The number of carbonyl (C=O) groups is 1. The van der Waals surface area contributed by atoms with Crippen molar-refractivity contribution in [3.8, 4) is 0 Å². The second kappa shape index (κ2) is 6.28. The average molecular weight is 296 g/mol. The molecule has 0 saturated carbocycles. The Bertz CT molecular complexity index is 536. The molecule has 1 aromatic carbocycles. The number of benzene rings is 1. The van der Waals surface area contributed by atoms with Gasteiger partial charge < -0.3 is 15.8 Å². The van der Waals surface area contributed by atoms with Crippen LogP contribution in [0, 0.1) is 11.7 Å². The lowest BCUT2D eigenvalue weighted by molar-refractivity contribution is -0.125. The molecule has 0 aliphatic carbocycles. The van der Waals surface area contributed by atoms with Crippen LogP contribution in [0.3, 0.4) is 0 Å². The molecule has 1 heterocycles. The molecule has 6 heteroatoms. The van der Waals surface area contributed by atoms with Crippen LogP contribution in [-0.2, 0) is 16.1 Å². The number of halogens is 1. The lowest BCUT2D eigenvalue weighted by atomic mass is 10.1. The van der Waals surface area contributed by atoms with E-state index in [9.17, 15) is 9.18 Å². The zero-order valence-corrected chi connectivity index (χ0v) is 12.0. The number of carbonyl (C=O) groups excluding carboxylic acids is 1. The topological polar surface area (TPSA) is 64.4 Å². The van der Waals surface area contributed by atoms with E-state index in [2.05, 4.69) is 5.32 Å². The van der Waals surface area contributed by atoms with E-state index >= 15 is 0 Å². The monoisotopic (exact) mass is 296 g/mol. The molecule has 0 spiro atoms. The Morgan fingerprint density at radius 3 is 2.90 bits per heavy atom. The molecule has 1 fully saturated rings. The van der Waals surface area contributed by atoms with Crippen LogP contribution in [0.15, 0.2) is 18.2 Å². The average Bonchev–Trinajstić information content (AvgIpc) is 2.83. The van der Waals surface area contributed by atoms with Crippen LogP contribution in [0.25, 0.3) is 0 Å². The van der Waals surface area contributed by atoms with E-state index in [1.165, 1.54) is 6.07 Å². The second-order valence-corrected chi connectivity index (χ2v) is 5.40. The third-order valence-electron chi connectivity index (χ3n) is 3.36. The van der Waals surface area contributed by atoms with Crippen molar-refractivity contribution in [2.24, 2.45) is 11.7 Å². The SMILES string of the molecule is CC1CC(C(=O)NCc2ccc(C(N)=S)cc2F)CO1. The Balaban J connectivity index is 1.94. The molecule has 1 saturated heterocycles. The van der Waals surface area contributed by atoms with E-state index in [1.54, 1.807) is 12.1 Å². The standard InChI is InChI=1S/C14H17FN2O2S/c1-8-4-11(7-19-8)14(18)17-6-10-3-2-9(13(16)20)5-12(10)15/h2-3,5,8,11H,4,6-7H2,1H3,(H2,16,20)(H,17,18). The van der Waals surface area contributed by atoms with Crippen LogP contribution in [0.1, 0.15) is 24.5 Å². The molecule has 2 rings (SSSR count). The largest absolute Gasteiger partial charge is 0.389 e. The van der Waals surface area contributed by atoms with Gasteiger partial charge in [-0.1, -0.05) is 24.4 Å². The van der Waals surface area contributed by atoms with Crippen molar-refractivity contribution >= 4 is 23.1 Å². The Kier molecular flexibility index (Phi) is 4.67. The summed E-state index contributed by atoms with van der Waals surface area (Å²) in [6.07, 6.45) is 0.807. The van der Waals surface area contributed by atoms with Crippen LogP contribution in [0.4, 0.5) is 4.39 Å². The van der Waals surface area contributed by atoms with E-state index in [0.29, 0.717) is 24.2 Å². The van der Waals surface area contributed by atoms with E-state index in [-0.39, 0.29) is 29.5 Å². The maximum absolute atomic E-state index is 13.8. The summed E-state index contributed by atoms with van der Waals surface area (Å²) in [6.45, 7) is 2.50. The van der Waals surface area contributed by atoms with Gasteiger partial charge in [-0.15, -0.1) is 0 Å². The zero-order valence-electron chi connectivity index (χ0n) is 11.2. The van der Waals surface area contributed by atoms with Gasteiger partial charge in [-0.05, 0) is 19.4 Å². The fraction of sp³-hybridized carbons (Fsp3) is 0.429. The number of nitrogens with one attached hydrogen (secondary N) is 1. The molecule has 3 N–H and O–H groups in total. The number of ether oxygens (including phenoxy) is 1. The highest BCUT2D eigenvalue weighted by atomic mass is 32.1. The Morgan fingerprint density at radius 1 is 1.60 bits per heavy atom. The highest BCUT2D eigenvalue weighted by Crippen LogP contribution is 2.19. The van der Waals surface area contributed by atoms with Gasteiger partial charge >= 0.3 is 0 Å². The zero-order chi connectivity index (χ0) is 14.7. The minimum Gasteiger partial charge on any atom is -0.389 e. The molecule has 1 amide bonds. The van der Waals surface area contributed by atoms with Crippen LogP contribution < -0.4 is 11.1 Å². The molecule has 4 nitrogen and oxygen atoms in total. The molecule has 0 radical (unpaired) electrons. The van der Waals surface area contributed by atoms with E-state index in [0.717, 1.165) is 0 Å². The molecule has 2 atom stereocenters. The molecular formula is C14H17FN2O2S. The number of hydrogen-bond acceptors (Lipinski definition) is 3. The molecule has 0 bridgehead atoms. The lowest BCUT2D eigenvalue weighted by Gasteiger charge is -2.10. The van der Waals surface area contributed by atoms with Crippen molar-refractivity contribution in [1.29, 1.82) is 0 Å². The first kappa shape index (κ1) is 14.9. The summed E-state index contributed by atoms with van der Waals surface area (Å²) in [4.78, 5) is 12.0. The Morgan fingerprint density at radius 2 is 2.35 bits per heavy atom. The van der Waals surface area contributed by atoms with Gasteiger partial charge in [0.05, 0.1) is 18.6 Å². The smallest absolute Gasteiger partial charge is 0.225 e. The molecular weight excluding hydrogens is 279 g/mol. The predicted octanol–water partition coefficient (Wildman–Crippen LogP) is 1.50. The molecule has 1 aromatic rings. The predicted molar refractivity (Wildman–Crippen MR) is 77.7 cm³/mol. The number of rotatable bonds is 4. The van der Waals surface area contributed by atoms with Crippen molar-refractivity contribution in [2.45, 2.75) is 26.0 Å². The van der Waals surface area contributed by atoms with Crippen molar-refractivity contribution < 1.29 is 13.9 Å². The van der Waals surface area contributed by atoms with Crippen molar-refractivity contribution in [2.75, 3.05) is 6.61 Å². The quantitative estimate of drug-likeness (QED) is 0.827. The number of nitrogens with two attached hydrogens (primary N) is 1. The number of hydrogen-bond donors (Lipinski definition) is 2. The second-order valence-electron chi connectivity index (χ2n) is 4.96. The highest BCUT2D eigenvalue weighted by molar-refractivity contribution is 7.80. The summed E-state index contributed by atoms with van der Waals surface area (Å²) in [7, 11) is 0. The molecule has 2 unspecified atom stereocenters.